The molecule has 2 aromatic carbocycles. The highest BCUT2D eigenvalue weighted by Crippen LogP contribution is 2.26. The van der Waals surface area contributed by atoms with Crippen LogP contribution in [0.3, 0.4) is 0 Å². The summed E-state index contributed by atoms with van der Waals surface area (Å²) in [7, 11) is 1.75. The van der Waals surface area contributed by atoms with E-state index < -0.39 is 17.4 Å². The molecule has 1 N–H and O–H groups in total. The van der Waals surface area contributed by atoms with Gasteiger partial charge in [0.05, 0.1) is 27.6 Å². The predicted octanol–water partition coefficient (Wildman–Crippen LogP) is 4.24. The summed E-state index contributed by atoms with van der Waals surface area (Å²) in [6.45, 7) is 6.88. The lowest BCUT2D eigenvalue weighted by molar-refractivity contribution is -0.157. The van der Waals surface area contributed by atoms with Gasteiger partial charge < -0.3 is 14.7 Å². The molecule has 0 saturated carbocycles. The first-order valence-corrected chi connectivity index (χ1v) is 10.7. The third-order valence-electron chi connectivity index (χ3n) is 5.20. The number of aromatic carboxylic acids is 1. The second kappa shape index (κ2) is 9.23. The molecule has 0 atom stereocenters. The summed E-state index contributed by atoms with van der Waals surface area (Å²) in [5.74, 6) is -1.07. The molecule has 3 aromatic rings. The number of carboxylic acid groups (broad SMARTS) is 1. The van der Waals surface area contributed by atoms with Gasteiger partial charge in [-0.15, -0.1) is 0 Å². The van der Waals surface area contributed by atoms with Crippen LogP contribution in [0, 0.1) is 12.3 Å². The van der Waals surface area contributed by atoms with E-state index in [2.05, 4.69) is 4.98 Å². The molecule has 8 nitrogen and oxygen atoms in total. The molecule has 0 amide bonds. The van der Waals surface area contributed by atoms with Gasteiger partial charge in [-0.3, -0.25) is 14.2 Å². The number of para-hydroxylation sites is 1. The van der Waals surface area contributed by atoms with Crippen molar-refractivity contribution in [3.05, 3.63) is 68.7 Å². The number of rotatable bonds is 6. The van der Waals surface area contributed by atoms with Crippen LogP contribution in [0.5, 0.6) is 0 Å². The van der Waals surface area contributed by atoms with Crippen LogP contribution in [0.25, 0.3) is 10.9 Å². The van der Waals surface area contributed by atoms with E-state index in [-0.39, 0.29) is 24.4 Å². The van der Waals surface area contributed by atoms with Crippen molar-refractivity contribution in [2.75, 3.05) is 11.9 Å². The first-order chi connectivity index (χ1) is 15.4. The van der Waals surface area contributed by atoms with Crippen molar-refractivity contribution in [1.29, 1.82) is 0 Å². The molecule has 33 heavy (non-hydrogen) atoms. The maximum atomic E-state index is 13.2. The molecular weight excluding hydrogens is 446 g/mol. The molecule has 0 fully saturated rings. The Kier molecular flexibility index (Phi) is 6.78. The van der Waals surface area contributed by atoms with Gasteiger partial charge in [-0.1, -0.05) is 23.7 Å². The second-order valence-electron chi connectivity index (χ2n) is 8.84. The number of nitrogens with zero attached hydrogens (tertiary/aromatic N) is 3. The van der Waals surface area contributed by atoms with Crippen LogP contribution in [0.15, 0.2) is 41.2 Å². The Morgan fingerprint density at radius 3 is 2.52 bits per heavy atom. The van der Waals surface area contributed by atoms with E-state index in [9.17, 15) is 19.5 Å². The predicted molar refractivity (Wildman–Crippen MR) is 127 cm³/mol. The fraction of sp³-hybridized carbons (Fsp3) is 0.333. The molecule has 174 valence electrons. The Morgan fingerprint density at radius 1 is 1.21 bits per heavy atom. The minimum absolute atomic E-state index is 0.164. The smallest absolute Gasteiger partial charge is 0.337 e. The number of esters is 1. The maximum absolute atomic E-state index is 13.2. The minimum atomic E-state index is -1.03. The number of aryl methyl sites for hydroxylation is 1. The average molecular weight is 472 g/mol. The van der Waals surface area contributed by atoms with Crippen molar-refractivity contribution < 1.29 is 19.4 Å². The average Bonchev–Trinajstić information content (AvgIpc) is 2.73. The van der Waals surface area contributed by atoms with Gasteiger partial charge in [-0.05, 0) is 57.5 Å². The van der Waals surface area contributed by atoms with Crippen LogP contribution in [0.4, 0.5) is 5.69 Å². The first-order valence-electron chi connectivity index (χ1n) is 10.3. The Balaban J connectivity index is 1.98. The lowest BCUT2D eigenvalue weighted by Crippen LogP contribution is -2.30. The highest BCUT2D eigenvalue weighted by atomic mass is 35.5. The summed E-state index contributed by atoms with van der Waals surface area (Å²) in [6.07, 6.45) is 0. The number of carbonyl (C=O) groups excluding carboxylic acids is 1. The molecule has 3 rings (SSSR count). The van der Waals surface area contributed by atoms with Gasteiger partial charge in [0.25, 0.3) is 5.56 Å². The molecular formula is C24H26ClN3O5. The normalized spacial score (nSPS) is 11.5. The zero-order valence-electron chi connectivity index (χ0n) is 19.2. The number of anilines is 1. The first kappa shape index (κ1) is 24.3. The molecule has 0 aliphatic heterocycles. The molecule has 9 heteroatoms. The molecule has 1 aromatic heterocycles. The van der Waals surface area contributed by atoms with Gasteiger partial charge in [0.2, 0.25) is 0 Å². The highest BCUT2D eigenvalue weighted by Gasteiger charge is 2.24. The summed E-state index contributed by atoms with van der Waals surface area (Å²) in [5, 5.41) is 10.2. The number of aromatic nitrogens is 2. The zero-order chi connectivity index (χ0) is 24.5. The molecule has 0 bridgehead atoms. The van der Waals surface area contributed by atoms with E-state index in [1.165, 1.54) is 10.6 Å². The molecule has 1 heterocycles. The highest BCUT2D eigenvalue weighted by molar-refractivity contribution is 6.32. The number of hydrogen-bond acceptors (Lipinski definition) is 6. The van der Waals surface area contributed by atoms with E-state index in [4.69, 9.17) is 16.3 Å². The lowest BCUT2D eigenvalue weighted by Gasteiger charge is -2.22. The van der Waals surface area contributed by atoms with Crippen molar-refractivity contribution in [2.24, 2.45) is 5.41 Å². The standard InChI is InChI=1S/C24H26ClN3O5/c1-14-26-19-11-18(25)15(12-27(5)20-9-7-6-8-16(20)22(30)31)10-17(19)21(29)28(14)13-33-23(32)24(2,3)4/h6-11H,12-13H2,1-5H3,(H,30,31). The van der Waals surface area contributed by atoms with Gasteiger partial charge in [0.1, 0.15) is 5.82 Å². The SMILES string of the molecule is Cc1nc2cc(Cl)c(CN(C)c3ccccc3C(=O)O)cc2c(=O)n1COC(=O)C(C)(C)C. The number of ether oxygens (including phenoxy) is 1. The molecule has 0 spiro atoms. The number of carboxylic acids is 1. The van der Waals surface area contributed by atoms with Crippen molar-refractivity contribution in [1.82, 2.24) is 9.55 Å². The van der Waals surface area contributed by atoms with Gasteiger partial charge in [-0.2, -0.15) is 0 Å². The zero-order valence-corrected chi connectivity index (χ0v) is 19.9. The van der Waals surface area contributed by atoms with E-state index in [1.54, 1.807) is 70.0 Å². The van der Waals surface area contributed by atoms with E-state index >= 15 is 0 Å². The van der Waals surface area contributed by atoms with Crippen molar-refractivity contribution in [3.8, 4) is 0 Å². The largest absolute Gasteiger partial charge is 0.478 e. The molecule has 0 saturated heterocycles. The van der Waals surface area contributed by atoms with E-state index in [0.29, 0.717) is 33.0 Å². The van der Waals surface area contributed by atoms with E-state index in [1.807, 2.05) is 0 Å². The minimum Gasteiger partial charge on any atom is -0.478 e. The van der Waals surface area contributed by atoms with Crippen molar-refractivity contribution in [3.63, 3.8) is 0 Å². The molecule has 0 aliphatic rings. The number of fused-ring (bicyclic) bond motifs is 1. The van der Waals surface area contributed by atoms with E-state index in [0.717, 1.165) is 0 Å². The fourth-order valence-electron chi connectivity index (χ4n) is 3.34. The maximum Gasteiger partial charge on any atom is 0.337 e. The Bertz CT molecular complexity index is 1290. The molecule has 0 unspecified atom stereocenters. The second-order valence-corrected chi connectivity index (χ2v) is 9.25. The van der Waals surface area contributed by atoms with Crippen molar-refractivity contribution in [2.45, 2.75) is 41.0 Å². The summed E-state index contributed by atoms with van der Waals surface area (Å²) in [5.41, 5.74) is 0.697. The van der Waals surface area contributed by atoms with Crippen LogP contribution in [-0.4, -0.2) is 33.6 Å². The van der Waals surface area contributed by atoms with Crippen LogP contribution >= 0.6 is 11.6 Å². The molecule has 0 aliphatic carbocycles. The summed E-state index contributed by atoms with van der Waals surface area (Å²) in [6, 6.07) is 9.91. The van der Waals surface area contributed by atoms with Gasteiger partial charge >= 0.3 is 11.9 Å². The fourth-order valence-corrected chi connectivity index (χ4v) is 3.56. The Hall–Kier alpha value is -3.39. The number of hydrogen-bond donors (Lipinski definition) is 1. The summed E-state index contributed by atoms with van der Waals surface area (Å²) >= 11 is 6.47. The topological polar surface area (TPSA) is 102 Å². The number of halogens is 1. The third kappa shape index (κ3) is 5.17. The third-order valence-corrected chi connectivity index (χ3v) is 5.56. The monoisotopic (exact) mass is 471 g/mol. The molecule has 0 radical (unpaired) electrons. The van der Waals surface area contributed by atoms with Gasteiger partial charge in [0.15, 0.2) is 6.73 Å². The van der Waals surface area contributed by atoms with Crippen LogP contribution in [0.2, 0.25) is 5.02 Å². The quantitative estimate of drug-likeness (QED) is 0.536. The number of carbonyl (C=O) groups is 2. The Morgan fingerprint density at radius 2 is 1.88 bits per heavy atom. The lowest BCUT2D eigenvalue weighted by atomic mass is 9.98. The van der Waals surface area contributed by atoms with Crippen LogP contribution in [0.1, 0.15) is 42.5 Å². The van der Waals surface area contributed by atoms with Gasteiger partial charge in [-0.25, -0.2) is 9.78 Å². The summed E-state index contributed by atoms with van der Waals surface area (Å²) < 4.78 is 6.61. The summed E-state index contributed by atoms with van der Waals surface area (Å²) in [4.78, 5) is 43.1. The van der Waals surface area contributed by atoms with Crippen molar-refractivity contribution >= 4 is 40.1 Å². The van der Waals surface area contributed by atoms with Crippen LogP contribution in [-0.2, 0) is 22.8 Å². The number of benzene rings is 2. The Labute approximate surface area is 196 Å². The van der Waals surface area contributed by atoms with Gasteiger partial charge in [0, 0.05) is 18.6 Å². The van der Waals surface area contributed by atoms with Crippen LogP contribution < -0.4 is 10.5 Å².